The maximum Gasteiger partial charge on any atom is 0.407 e. The van der Waals surface area contributed by atoms with Crippen LogP contribution in [0.15, 0.2) is 30.3 Å². The van der Waals surface area contributed by atoms with Crippen molar-refractivity contribution in [2.45, 2.75) is 39.0 Å². The molecule has 0 aliphatic heterocycles. The van der Waals surface area contributed by atoms with E-state index in [4.69, 9.17) is 4.74 Å². The second kappa shape index (κ2) is 11.6. The first kappa shape index (κ1) is 18.0. The summed E-state index contributed by atoms with van der Waals surface area (Å²) in [7, 11) is 0. The van der Waals surface area contributed by atoms with Gasteiger partial charge in [0.05, 0.1) is 6.61 Å². The number of unbranched alkanes of at least 4 members (excludes halogenated alkanes) is 2. The molecule has 0 aliphatic carbocycles. The van der Waals surface area contributed by atoms with E-state index in [0.29, 0.717) is 26.1 Å². The fraction of sp³-hybridized carbons (Fsp3) is 0.529. The van der Waals surface area contributed by atoms with Crippen LogP contribution in [0.25, 0.3) is 0 Å². The molecule has 0 unspecified atom stereocenters. The van der Waals surface area contributed by atoms with Crippen molar-refractivity contribution >= 4 is 12.0 Å². The molecule has 5 heteroatoms. The third kappa shape index (κ3) is 9.00. The molecule has 0 saturated heterocycles. The summed E-state index contributed by atoms with van der Waals surface area (Å²) in [6.07, 6.45) is 3.63. The highest BCUT2D eigenvalue weighted by Gasteiger charge is 2.02. The summed E-state index contributed by atoms with van der Waals surface area (Å²) in [5.41, 5.74) is 1.23. The number of rotatable bonds is 10. The maximum absolute atomic E-state index is 11.7. The maximum atomic E-state index is 11.7. The third-order valence-corrected chi connectivity index (χ3v) is 3.20. The lowest BCUT2D eigenvalue weighted by Crippen LogP contribution is -2.26. The van der Waals surface area contributed by atoms with E-state index in [1.165, 1.54) is 5.56 Å². The van der Waals surface area contributed by atoms with Gasteiger partial charge < -0.3 is 15.4 Å². The van der Waals surface area contributed by atoms with E-state index in [-0.39, 0.29) is 12.0 Å². The van der Waals surface area contributed by atoms with Crippen LogP contribution in [0.2, 0.25) is 0 Å². The molecule has 2 N–H and O–H groups in total. The minimum atomic E-state index is -0.374. The molecule has 122 valence electrons. The van der Waals surface area contributed by atoms with E-state index >= 15 is 0 Å². The van der Waals surface area contributed by atoms with Crippen LogP contribution < -0.4 is 10.6 Å². The Bertz CT molecular complexity index is 435. The quantitative estimate of drug-likeness (QED) is 0.653. The largest absolute Gasteiger partial charge is 0.450 e. The van der Waals surface area contributed by atoms with Gasteiger partial charge >= 0.3 is 6.09 Å². The minimum Gasteiger partial charge on any atom is -0.450 e. The first-order valence-electron chi connectivity index (χ1n) is 7.93. The second-order valence-corrected chi connectivity index (χ2v) is 5.04. The average Bonchev–Trinajstić information content (AvgIpc) is 2.52. The molecule has 1 aromatic rings. The van der Waals surface area contributed by atoms with Crippen LogP contribution in [0.5, 0.6) is 0 Å². The van der Waals surface area contributed by atoms with E-state index < -0.39 is 0 Å². The van der Waals surface area contributed by atoms with Gasteiger partial charge in [-0.15, -0.1) is 0 Å². The number of ether oxygens (including phenoxy) is 1. The standard InChI is InChI=1S/C17H26N2O3/c1-2-22-17(21)19-13-8-4-7-11-16(20)18-14-12-15-9-5-3-6-10-15/h3,5-6,9-10H,2,4,7-8,11-14H2,1H3,(H,18,20)(H,19,21). The van der Waals surface area contributed by atoms with Gasteiger partial charge in [0, 0.05) is 19.5 Å². The van der Waals surface area contributed by atoms with Crippen molar-refractivity contribution in [2.75, 3.05) is 19.7 Å². The van der Waals surface area contributed by atoms with Gasteiger partial charge in [-0.2, -0.15) is 0 Å². The first-order valence-corrected chi connectivity index (χ1v) is 7.93. The van der Waals surface area contributed by atoms with Crippen LogP contribution >= 0.6 is 0 Å². The molecule has 0 saturated carbocycles. The lowest BCUT2D eigenvalue weighted by molar-refractivity contribution is -0.121. The highest BCUT2D eigenvalue weighted by atomic mass is 16.5. The van der Waals surface area contributed by atoms with Gasteiger partial charge in [-0.1, -0.05) is 36.8 Å². The van der Waals surface area contributed by atoms with Crippen molar-refractivity contribution in [1.82, 2.24) is 10.6 Å². The number of benzene rings is 1. The lowest BCUT2D eigenvalue weighted by atomic mass is 10.1. The van der Waals surface area contributed by atoms with E-state index in [1.807, 2.05) is 18.2 Å². The molecule has 0 fully saturated rings. The summed E-state index contributed by atoms with van der Waals surface area (Å²) in [4.78, 5) is 22.7. The zero-order valence-corrected chi connectivity index (χ0v) is 13.3. The lowest BCUT2D eigenvalue weighted by Gasteiger charge is -2.06. The average molecular weight is 306 g/mol. The summed E-state index contributed by atoms with van der Waals surface area (Å²) in [5, 5.41) is 5.59. The van der Waals surface area contributed by atoms with Gasteiger partial charge in [-0.3, -0.25) is 4.79 Å². The van der Waals surface area contributed by atoms with E-state index in [0.717, 1.165) is 25.7 Å². The van der Waals surface area contributed by atoms with Crippen LogP contribution in [-0.4, -0.2) is 31.7 Å². The molecule has 5 nitrogen and oxygen atoms in total. The molecular weight excluding hydrogens is 280 g/mol. The summed E-state index contributed by atoms with van der Waals surface area (Å²) >= 11 is 0. The molecule has 2 amide bonds. The fourth-order valence-corrected chi connectivity index (χ4v) is 2.04. The van der Waals surface area contributed by atoms with Gasteiger partial charge in [-0.05, 0) is 31.7 Å². The number of nitrogens with one attached hydrogen (secondary N) is 2. The van der Waals surface area contributed by atoms with Gasteiger partial charge in [0.25, 0.3) is 0 Å². The fourth-order valence-electron chi connectivity index (χ4n) is 2.04. The van der Waals surface area contributed by atoms with Crippen molar-refractivity contribution in [3.05, 3.63) is 35.9 Å². The van der Waals surface area contributed by atoms with Crippen molar-refractivity contribution in [1.29, 1.82) is 0 Å². The predicted molar refractivity (Wildman–Crippen MR) is 86.6 cm³/mol. The number of carbonyl (C=O) groups excluding carboxylic acids is 2. The van der Waals surface area contributed by atoms with Crippen LogP contribution in [0, 0.1) is 0 Å². The Balaban J connectivity index is 1.94. The summed E-state index contributed by atoms with van der Waals surface area (Å²) in [6.45, 7) is 3.42. The monoisotopic (exact) mass is 306 g/mol. The number of carbonyl (C=O) groups is 2. The molecule has 22 heavy (non-hydrogen) atoms. The second-order valence-electron chi connectivity index (χ2n) is 5.04. The Hall–Kier alpha value is -2.04. The summed E-state index contributed by atoms with van der Waals surface area (Å²) in [6, 6.07) is 10.1. The predicted octanol–water partition coefficient (Wildman–Crippen LogP) is 2.65. The summed E-state index contributed by atoms with van der Waals surface area (Å²) < 4.78 is 4.75. The van der Waals surface area contributed by atoms with E-state index in [2.05, 4.69) is 22.8 Å². The van der Waals surface area contributed by atoms with Crippen LogP contribution in [0.4, 0.5) is 4.79 Å². The molecular formula is C17H26N2O3. The molecule has 0 bridgehead atoms. The van der Waals surface area contributed by atoms with Crippen molar-refractivity contribution in [3.63, 3.8) is 0 Å². The zero-order valence-electron chi connectivity index (χ0n) is 13.3. The number of amides is 2. The van der Waals surface area contributed by atoms with Crippen molar-refractivity contribution in [3.8, 4) is 0 Å². The molecule has 0 radical (unpaired) electrons. The minimum absolute atomic E-state index is 0.0919. The van der Waals surface area contributed by atoms with Crippen LogP contribution in [-0.2, 0) is 16.0 Å². The Morgan fingerprint density at radius 2 is 1.77 bits per heavy atom. The van der Waals surface area contributed by atoms with Crippen molar-refractivity contribution < 1.29 is 14.3 Å². The van der Waals surface area contributed by atoms with Gasteiger partial charge in [0.2, 0.25) is 5.91 Å². The molecule has 0 aromatic heterocycles. The Morgan fingerprint density at radius 1 is 1.00 bits per heavy atom. The molecule has 0 spiro atoms. The number of hydrogen-bond donors (Lipinski definition) is 2. The molecule has 0 aliphatic rings. The highest BCUT2D eigenvalue weighted by Crippen LogP contribution is 2.00. The van der Waals surface area contributed by atoms with E-state index in [9.17, 15) is 9.59 Å². The molecule has 1 aromatic carbocycles. The van der Waals surface area contributed by atoms with Crippen LogP contribution in [0.1, 0.15) is 38.2 Å². The van der Waals surface area contributed by atoms with Crippen molar-refractivity contribution in [2.24, 2.45) is 0 Å². The normalized spacial score (nSPS) is 10.0. The topological polar surface area (TPSA) is 67.4 Å². The SMILES string of the molecule is CCOC(=O)NCCCCCC(=O)NCCc1ccccc1. The smallest absolute Gasteiger partial charge is 0.407 e. The Kier molecular flexibility index (Phi) is 9.50. The van der Waals surface area contributed by atoms with Crippen LogP contribution in [0.3, 0.4) is 0 Å². The number of alkyl carbamates (subject to hydrolysis) is 1. The summed E-state index contributed by atoms with van der Waals surface area (Å²) in [5.74, 6) is 0.0919. The zero-order chi connectivity index (χ0) is 16.0. The highest BCUT2D eigenvalue weighted by molar-refractivity contribution is 5.75. The van der Waals surface area contributed by atoms with E-state index in [1.54, 1.807) is 6.92 Å². The van der Waals surface area contributed by atoms with Gasteiger partial charge in [0.15, 0.2) is 0 Å². The molecule has 0 atom stereocenters. The molecule has 1 rings (SSSR count). The van der Waals surface area contributed by atoms with Gasteiger partial charge in [-0.25, -0.2) is 4.79 Å². The number of hydrogen-bond acceptors (Lipinski definition) is 3. The Morgan fingerprint density at radius 3 is 2.50 bits per heavy atom. The first-order chi connectivity index (χ1) is 10.7. The Labute approximate surface area is 132 Å². The molecule has 0 heterocycles. The third-order valence-electron chi connectivity index (χ3n) is 3.20. The van der Waals surface area contributed by atoms with Gasteiger partial charge in [0.1, 0.15) is 0 Å².